The number of thiophene rings is 1. The van der Waals surface area contributed by atoms with Crippen LogP contribution in [-0.2, 0) is 6.42 Å². The molecule has 1 aromatic carbocycles. The fraction of sp³-hybridized carbons (Fsp3) is 0.188. The van der Waals surface area contributed by atoms with E-state index in [1.54, 1.807) is 11.3 Å². The Bertz CT molecular complexity index is 765. The maximum Gasteiger partial charge on any atom is 0.135 e. The van der Waals surface area contributed by atoms with Gasteiger partial charge in [0.2, 0.25) is 0 Å². The minimum absolute atomic E-state index is 0.100. The van der Waals surface area contributed by atoms with Gasteiger partial charge in [0.05, 0.1) is 6.04 Å². The Morgan fingerprint density at radius 3 is 3.05 bits per heavy atom. The molecule has 2 heterocycles. The molecule has 3 N–H and O–H groups in total. The maximum absolute atomic E-state index is 6.31. The van der Waals surface area contributed by atoms with Crippen LogP contribution in [0.2, 0.25) is 0 Å². The van der Waals surface area contributed by atoms with E-state index in [0.29, 0.717) is 0 Å². The number of anilines is 1. The molecule has 0 fully saturated rings. The molecule has 1 aliphatic rings. The summed E-state index contributed by atoms with van der Waals surface area (Å²) in [6.45, 7) is 0. The summed E-state index contributed by atoms with van der Waals surface area (Å²) in [6.07, 6.45) is 2.78. The molecule has 3 aromatic rings. The van der Waals surface area contributed by atoms with Crippen LogP contribution in [0.4, 0.5) is 5.82 Å². The van der Waals surface area contributed by atoms with Crippen LogP contribution in [0.3, 0.4) is 0 Å². The number of hydrogen-bond donors (Lipinski definition) is 2. The van der Waals surface area contributed by atoms with Crippen molar-refractivity contribution < 1.29 is 0 Å². The molecule has 0 aliphatic heterocycles. The second kappa shape index (κ2) is 4.58. The van der Waals surface area contributed by atoms with E-state index in [-0.39, 0.29) is 12.1 Å². The molecular formula is C16H15N3S. The van der Waals surface area contributed by atoms with Gasteiger partial charge in [0.25, 0.3) is 0 Å². The molecule has 0 bridgehead atoms. The van der Waals surface area contributed by atoms with Crippen molar-refractivity contribution in [2.75, 3.05) is 5.32 Å². The third kappa shape index (κ3) is 1.80. The Morgan fingerprint density at radius 1 is 1.20 bits per heavy atom. The smallest absolute Gasteiger partial charge is 0.135 e. The third-order valence-electron chi connectivity index (χ3n) is 3.95. The Balaban J connectivity index is 1.74. The zero-order valence-electron chi connectivity index (χ0n) is 10.9. The Kier molecular flexibility index (Phi) is 2.72. The number of rotatable bonds is 2. The molecule has 3 nitrogen and oxygen atoms in total. The van der Waals surface area contributed by atoms with E-state index in [0.717, 1.165) is 12.2 Å². The normalized spacial score (nSPS) is 21.1. The number of nitrogens with two attached hydrogens (primary N) is 1. The number of hydrogen-bond acceptors (Lipinski definition) is 4. The van der Waals surface area contributed by atoms with Crippen molar-refractivity contribution in [3.05, 3.63) is 59.1 Å². The van der Waals surface area contributed by atoms with E-state index in [2.05, 4.69) is 46.0 Å². The first-order valence-electron chi connectivity index (χ1n) is 6.75. The highest BCUT2D eigenvalue weighted by Crippen LogP contribution is 2.35. The first-order valence-corrected chi connectivity index (χ1v) is 7.63. The number of pyridine rings is 1. The van der Waals surface area contributed by atoms with Gasteiger partial charge in [0.15, 0.2) is 0 Å². The van der Waals surface area contributed by atoms with Crippen LogP contribution in [-0.4, -0.2) is 11.0 Å². The Morgan fingerprint density at radius 2 is 2.10 bits per heavy atom. The average Bonchev–Trinajstić information content (AvgIpc) is 3.05. The van der Waals surface area contributed by atoms with Crippen LogP contribution in [0.1, 0.15) is 17.2 Å². The largest absolute Gasteiger partial charge is 0.361 e. The molecule has 2 aromatic heterocycles. The lowest BCUT2D eigenvalue weighted by molar-refractivity contribution is 0.624. The minimum Gasteiger partial charge on any atom is -0.361 e. The topological polar surface area (TPSA) is 50.9 Å². The van der Waals surface area contributed by atoms with E-state index in [1.165, 1.54) is 21.2 Å². The average molecular weight is 281 g/mol. The van der Waals surface area contributed by atoms with Crippen LogP contribution in [0.25, 0.3) is 10.1 Å². The van der Waals surface area contributed by atoms with Gasteiger partial charge in [0.1, 0.15) is 5.82 Å². The molecular weight excluding hydrogens is 266 g/mol. The molecule has 1 aliphatic carbocycles. The molecule has 4 rings (SSSR count). The Hall–Kier alpha value is -1.91. The zero-order chi connectivity index (χ0) is 13.5. The van der Waals surface area contributed by atoms with Crippen LogP contribution >= 0.6 is 11.3 Å². The summed E-state index contributed by atoms with van der Waals surface area (Å²) in [5.74, 6) is 0.931. The van der Waals surface area contributed by atoms with Crippen molar-refractivity contribution in [3.63, 3.8) is 0 Å². The van der Waals surface area contributed by atoms with Crippen LogP contribution in [0.15, 0.2) is 48.0 Å². The van der Waals surface area contributed by atoms with Crippen LogP contribution < -0.4 is 11.1 Å². The minimum atomic E-state index is 0.100. The van der Waals surface area contributed by atoms with Gasteiger partial charge in [0, 0.05) is 22.3 Å². The van der Waals surface area contributed by atoms with Gasteiger partial charge in [-0.25, -0.2) is 4.98 Å². The first-order chi connectivity index (χ1) is 9.83. The molecule has 100 valence electrons. The molecule has 0 saturated carbocycles. The molecule has 0 saturated heterocycles. The molecule has 0 radical (unpaired) electrons. The summed E-state index contributed by atoms with van der Waals surface area (Å²) in [6, 6.07) is 12.9. The van der Waals surface area contributed by atoms with Gasteiger partial charge < -0.3 is 11.1 Å². The van der Waals surface area contributed by atoms with E-state index in [4.69, 9.17) is 5.73 Å². The lowest BCUT2D eigenvalue weighted by Gasteiger charge is -2.19. The number of aromatic nitrogens is 1. The monoisotopic (exact) mass is 281 g/mol. The summed E-state index contributed by atoms with van der Waals surface area (Å²) in [7, 11) is 0. The SMILES string of the molecule is NC1Cc2ccccc2C1Nc1nccc2sccc12. The highest BCUT2D eigenvalue weighted by atomic mass is 32.1. The molecule has 20 heavy (non-hydrogen) atoms. The van der Waals surface area contributed by atoms with Crippen molar-refractivity contribution >= 4 is 27.2 Å². The van der Waals surface area contributed by atoms with Crippen LogP contribution in [0, 0.1) is 0 Å². The summed E-state index contributed by atoms with van der Waals surface area (Å²) < 4.78 is 1.25. The molecule has 0 spiro atoms. The quantitative estimate of drug-likeness (QED) is 0.757. The maximum atomic E-state index is 6.31. The lowest BCUT2D eigenvalue weighted by Crippen LogP contribution is -2.30. The fourth-order valence-corrected chi connectivity index (χ4v) is 3.75. The van der Waals surface area contributed by atoms with Gasteiger partial charge >= 0.3 is 0 Å². The number of benzene rings is 1. The highest BCUT2D eigenvalue weighted by molar-refractivity contribution is 7.17. The standard InChI is InChI=1S/C16H15N3S/c17-13-9-10-3-1-2-4-11(10)15(13)19-16-12-6-8-20-14(12)5-7-18-16/h1-8,13,15H,9,17H2,(H,18,19). The molecule has 2 atom stereocenters. The van der Waals surface area contributed by atoms with Crippen molar-refractivity contribution in [2.24, 2.45) is 5.73 Å². The van der Waals surface area contributed by atoms with Gasteiger partial charge in [-0.2, -0.15) is 0 Å². The first kappa shape index (κ1) is 11.9. The summed E-state index contributed by atoms with van der Waals surface area (Å²) >= 11 is 1.73. The lowest BCUT2D eigenvalue weighted by atomic mass is 10.1. The fourth-order valence-electron chi connectivity index (χ4n) is 2.97. The van der Waals surface area contributed by atoms with Gasteiger partial charge in [-0.05, 0) is 35.1 Å². The van der Waals surface area contributed by atoms with Crippen molar-refractivity contribution in [2.45, 2.75) is 18.5 Å². The summed E-state index contributed by atoms with van der Waals surface area (Å²) in [5, 5.41) is 6.82. The second-order valence-electron chi connectivity index (χ2n) is 5.18. The van der Waals surface area contributed by atoms with E-state index >= 15 is 0 Å². The van der Waals surface area contributed by atoms with E-state index in [1.807, 2.05) is 12.3 Å². The number of nitrogens with zero attached hydrogens (tertiary/aromatic N) is 1. The highest BCUT2D eigenvalue weighted by Gasteiger charge is 2.29. The third-order valence-corrected chi connectivity index (χ3v) is 4.83. The van der Waals surface area contributed by atoms with E-state index < -0.39 is 0 Å². The van der Waals surface area contributed by atoms with Gasteiger partial charge in [-0.15, -0.1) is 11.3 Å². The van der Waals surface area contributed by atoms with Crippen molar-refractivity contribution in [3.8, 4) is 0 Å². The number of fused-ring (bicyclic) bond motifs is 2. The predicted molar refractivity (Wildman–Crippen MR) is 84.1 cm³/mol. The Labute approximate surface area is 121 Å². The summed E-state index contributed by atoms with van der Waals surface area (Å²) in [5.41, 5.74) is 8.95. The molecule has 2 unspecified atom stereocenters. The molecule has 4 heteroatoms. The van der Waals surface area contributed by atoms with Gasteiger partial charge in [-0.3, -0.25) is 0 Å². The van der Waals surface area contributed by atoms with Crippen molar-refractivity contribution in [1.29, 1.82) is 0 Å². The van der Waals surface area contributed by atoms with Crippen molar-refractivity contribution in [1.82, 2.24) is 4.98 Å². The zero-order valence-corrected chi connectivity index (χ0v) is 11.7. The second-order valence-corrected chi connectivity index (χ2v) is 6.13. The number of nitrogens with one attached hydrogen (secondary N) is 1. The van der Waals surface area contributed by atoms with Crippen LogP contribution in [0.5, 0.6) is 0 Å². The van der Waals surface area contributed by atoms with E-state index in [9.17, 15) is 0 Å². The summed E-state index contributed by atoms with van der Waals surface area (Å²) in [4.78, 5) is 4.49. The van der Waals surface area contributed by atoms with Gasteiger partial charge in [-0.1, -0.05) is 24.3 Å². The molecule has 0 amide bonds. The predicted octanol–water partition coefficient (Wildman–Crippen LogP) is 3.33.